The van der Waals surface area contributed by atoms with Crippen molar-refractivity contribution in [1.29, 1.82) is 0 Å². The molecule has 1 rings (SSSR count). The van der Waals surface area contributed by atoms with Gasteiger partial charge in [0.1, 0.15) is 5.82 Å². The minimum absolute atomic E-state index is 0.112. The molecule has 0 aliphatic carbocycles. The third-order valence-electron chi connectivity index (χ3n) is 2.91. The van der Waals surface area contributed by atoms with Crippen molar-refractivity contribution in [2.24, 2.45) is 0 Å². The molecule has 3 nitrogen and oxygen atoms in total. The van der Waals surface area contributed by atoms with Crippen molar-refractivity contribution in [2.75, 3.05) is 27.2 Å². The number of amides is 1. The second-order valence-corrected chi connectivity index (χ2v) is 4.99. The Morgan fingerprint density at radius 1 is 1.21 bits per heavy atom. The van der Waals surface area contributed by atoms with E-state index in [0.717, 1.165) is 31.4 Å². The number of nitrogens with one attached hydrogen (secondary N) is 1. The molecule has 0 fully saturated rings. The van der Waals surface area contributed by atoms with E-state index in [2.05, 4.69) is 5.32 Å². The van der Waals surface area contributed by atoms with E-state index in [4.69, 9.17) is 0 Å². The van der Waals surface area contributed by atoms with E-state index in [-0.39, 0.29) is 11.7 Å². The largest absolute Gasteiger partial charge is 0.355 e. The summed E-state index contributed by atoms with van der Waals surface area (Å²) in [5.74, 6) is -0.0926. The van der Waals surface area contributed by atoms with Gasteiger partial charge in [0.15, 0.2) is 0 Å². The molecule has 0 heterocycles. The number of rotatable bonds is 8. The molecule has 0 aromatic heterocycles. The molecule has 1 aromatic carbocycles. The van der Waals surface area contributed by atoms with E-state index < -0.39 is 0 Å². The number of unbranched alkanes of at least 4 members (excludes halogenated alkanes) is 1. The second-order valence-electron chi connectivity index (χ2n) is 4.99. The Morgan fingerprint density at radius 3 is 2.53 bits per heavy atom. The van der Waals surface area contributed by atoms with Crippen molar-refractivity contribution in [3.63, 3.8) is 0 Å². The second kappa shape index (κ2) is 8.64. The van der Waals surface area contributed by atoms with Crippen molar-refractivity contribution in [3.05, 3.63) is 35.6 Å². The predicted molar refractivity (Wildman–Crippen MR) is 75.5 cm³/mol. The number of benzene rings is 1. The number of hydrogen-bond donors (Lipinski definition) is 1. The predicted octanol–water partition coefficient (Wildman–Crippen LogP) is 2.22. The monoisotopic (exact) mass is 266 g/mol. The van der Waals surface area contributed by atoms with Gasteiger partial charge in [0.05, 0.1) is 0 Å². The molecule has 1 amide bonds. The molecule has 0 saturated carbocycles. The molecule has 0 unspecified atom stereocenters. The van der Waals surface area contributed by atoms with Crippen molar-refractivity contribution in [3.8, 4) is 0 Å². The van der Waals surface area contributed by atoms with Gasteiger partial charge in [-0.15, -0.1) is 0 Å². The minimum Gasteiger partial charge on any atom is -0.355 e. The third-order valence-corrected chi connectivity index (χ3v) is 2.91. The average Bonchev–Trinajstić information content (AvgIpc) is 2.36. The number of carbonyl (C=O) groups excluding carboxylic acids is 1. The highest BCUT2D eigenvalue weighted by Crippen LogP contribution is 2.07. The molecule has 0 atom stereocenters. The summed E-state index contributed by atoms with van der Waals surface area (Å²) < 4.78 is 12.7. The van der Waals surface area contributed by atoms with Crippen LogP contribution in [-0.2, 0) is 11.2 Å². The van der Waals surface area contributed by atoms with Crippen LogP contribution in [-0.4, -0.2) is 38.0 Å². The van der Waals surface area contributed by atoms with Crippen molar-refractivity contribution < 1.29 is 9.18 Å². The standard InChI is InChI=1S/C15H23FN2O/c1-18(2)12-11-17-15(19)6-4-3-5-13-7-9-14(16)10-8-13/h7-10H,3-6,11-12H2,1-2H3,(H,17,19). The fraction of sp³-hybridized carbons (Fsp3) is 0.533. The van der Waals surface area contributed by atoms with E-state index in [9.17, 15) is 9.18 Å². The van der Waals surface area contributed by atoms with Gasteiger partial charge in [0.25, 0.3) is 0 Å². The highest BCUT2D eigenvalue weighted by atomic mass is 19.1. The molecule has 0 saturated heterocycles. The highest BCUT2D eigenvalue weighted by molar-refractivity contribution is 5.75. The number of nitrogens with zero attached hydrogens (tertiary/aromatic N) is 1. The van der Waals surface area contributed by atoms with Gasteiger partial charge in [0.2, 0.25) is 5.91 Å². The first-order valence-electron chi connectivity index (χ1n) is 6.74. The lowest BCUT2D eigenvalue weighted by molar-refractivity contribution is -0.121. The maximum atomic E-state index is 12.7. The molecule has 1 N–H and O–H groups in total. The Balaban J connectivity index is 2.07. The molecule has 1 aromatic rings. The Kier molecular flexibility index (Phi) is 7.11. The van der Waals surface area contributed by atoms with Gasteiger partial charge < -0.3 is 10.2 Å². The summed E-state index contributed by atoms with van der Waals surface area (Å²) in [4.78, 5) is 13.5. The molecule has 0 bridgehead atoms. The number of halogens is 1. The first kappa shape index (κ1) is 15.6. The number of aryl methyl sites for hydroxylation is 1. The van der Waals surface area contributed by atoms with E-state index in [1.807, 2.05) is 19.0 Å². The van der Waals surface area contributed by atoms with Crippen LogP contribution in [0, 0.1) is 5.82 Å². The van der Waals surface area contributed by atoms with Gasteiger partial charge in [-0.05, 0) is 51.1 Å². The number of likely N-dealkylation sites (N-methyl/N-ethyl adjacent to an activating group) is 1. The van der Waals surface area contributed by atoms with Gasteiger partial charge >= 0.3 is 0 Å². The van der Waals surface area contributed by atoms with Crippen LogP contribution in [0.5, 0.6) is 0 Å². The molecule has 0 spiro atoms. The Labute approximate surface area is 114 Å². The highest BCUT2D eigenvalue weighted by Gasteiger charge is 2.01. The molecule has 19 heavy (non-hydrogen) atoms. The maximum Gasteiger partial charge on any atom is 0.220 e. The smallest absolute Gasteiger partial charge is 0.220 e. The van der Waals surface area contributed by atoms with Crippen LogP contribution >= 0.6 is 0 Å². The van der Waals surface area contributed by atoms with Crippen LogP contribution in [0.2, 0.25) is 0 Å². The van der Waals surface area contributed by atoms with Crippen LogP contribution in [0.3, 0.4) is 0 Å². The maximum absolute atomic E-state index is 12.7. The van der Waals surface area contributed by atoms with Gasteiger partial charge in [-0.2, -0.15) is 0 Å². The lowest BCUT2D eigenvalue weighted by atomic mass is 10.1. The van der Waals surface area contributed by atoms with Crippen LogP contribution in [0.15, 0.2) is 24.3 Å². The van der Waals surface area contributed by atoms with Crippen molar-refractivity contribution >= 4 is 5.91 Å². The summed E-state index contributed by atoms with van der Waals surface area (Å²) in [5.41, 5.74) is 1.12. The van der Waals surface area contributed by atoms with E-state index in [1.54, 1.807) is 12.1 Å². The van der Waals surface area contributed by atoms with E-state index >= 15 is 0 Å². The van der Waals surface area contributed by atoms with E-state index in [1.165, 1.54) is 12.1 Å². The zero-order chi connectivity index (χ0) is 14.1. The quantitative estimate of drug-likeness (QED) is 0.732. The van der Waals surface area contributed by atoms with Crippen LogP contribution in [0.25, 0.3) is 0 Å². The van der Waals surface area contributed by atoms with Gasteiger partial charge in [-0.3, -0.25) is 4.79 Å². The zero-order valence-electron chi connectivity index (χ0n) is 11.8. The van der Waals surface area contributed by atoms with Gasteiger partial charge in [-0.1, -0.05) is 12.1 Å². The first-order chi connectivity index (χ1) is 9.08. The summed E-state index contributed by atoms with van der Waals surface area (Å²) in [6.45, 7) is 1.56. The lowest BCUT2D eigenvalue weighted by Crippen LogP contribution is -2.31. The van der Waals surface area contributed by atoms with Crippen molar-refractivity contribution in [1.82, 2.24) is 10.2 Å². The number of carbonyl (C=O) groups is 1. The minimum atomic E-state index is -0.205. The summed E-state index contributed by atoms with van der Waals surface area (Å²) >= 11 is 0. The third kappa shape index (κ3) is 7.57. The Hall–Kier alpha value is -1.42. The summed E-state index contributed by atoms with van der Waals surface area (Å²) in [7, 11) is 3.96. The van der Waals surface area contributed by atoms with Crippen molar-refractivity contribution in [2.45, 2.75) is 25.7 Å². The molecule has 4 heteroatoms. The summed E-state index contributed by atoms with van der Waals surface area (Å²) in [6.07, 6.45) is 3.28. The van der Waals surface area contributed by atoms with Gasteiger partial charge in [0, 0.05) is 19.5 Å². The lowest BCUT2D eigenvalue weighted by Gasteiger charge is -2.10. The zero-order valence-corrected chi connectivity index (χ0v) is 11.8. The summed E-state index contributed by atoms with van der Waals surface area (Å²) in [5, 5.41) is 2.89. The molecular weight excluding hydrogens is 243 g/mol. The van der Waals surface area contributed by atoms with E-state index in [0.29, 0.717) is 13.0 Å². The molecule has 0 aliphatic heterocycles. The van der Waals surface area contributed by atoms with Crippen LogP contribution < -0.4 is 5.32 Å². The van der Waals surface area contributed by atoms with Crippen LogP contribution in [0.4, 0.5) is 4.39 Å². The topological polar surface area (TPSA) is 32.3 Å². The first-order valence-corrected chi connectivity index (χ1v) is 6.74. The Bertz CT molecular complexity index is 376. The fourth-order valence-corrected chi connectivity index (χ4v) is 1.77. The molecule has 0 radical (unpaired) electrons. The summed E-state index contributed by atoms with van der Waals surface area (Å²) in [6, 6.07) is 6.55. The molecular formula is C15H23FN2O. The SMILES string of the molecule is CN(C)CCNC(=O)CCCCc1ccc(F)cc1. The Morgan fingerprint density at radius 2 is 1.89 bits per heavy atom. The number of hydrogen-bond acceptors (Lipinski definition) is 2. The fourth-order valence-electron chi connectivity index (χ4n) is 1.77. The molecule has 0 aliphatic rings. The average molecular weight is 266 g/mol. The van der Waals surface area contributed by atoms with Gasteiger partial charge in [-0.25, -0.2) is 4.39 Å². The normalized spacial score (nSPS) is 10.7. The molecule has 106 valence electrons. The van der Waals surface area contributed by atoms with Crippen LogP contribution in [0.1, 0.15) is 24.8 Å².